The molecule has 1 amide bonds. The van der Waals surface area contributed by atoms with Gasteiger partial charge in [-0.2, -0.15) is 0 Å². The van der Waals surface area contributed by atoms with Gasteiger partial charge in [-0.25, -0.2) is 0 Å². The third-order valence-electron chi connectivity index (χ3n) is 4.74. The molecule has 0 radical (unpaired) electrons. The monoisotopic (exact) mass is 289 g/mol. The number of nitrogens with two attached hydrogens (primary N) is 1. The summed E-state index contributed by atoms with van der Waals surface area (Å²) in [4.78, 5) is 12.2. The minimum absolute atomic E-state index is 0.0132. The van der Waals surface area contributed by atoms with Gasteiger partial charge in [0.15, 0.2) is 0 Å². The zero-order valence-corrected chi connectivity index (χ0v) is 13.1. The van der Waals surface area contributed by atoms with Gasteiger partial charge in [0, 0.05) is 12.1 Å². The van der Waals surface area contributed by atoms with Crippen molar-refractivity contribution in [3.05, 3.63) is 29.3 Å². The van der Waals surface area contributed by atoms with E-state index in [-0.39, 0.29) is 5.91 Å². The zero-order chi connectivity index (χ0) is 15.2. The van der Waals surface area contributed by atoms with Crippen molar-refractivity contribution in [3.8, 4) is 0 Å². The quantitative estimate of drug-likeness (QED) is 0.576. The van der Waals surface area contributed by atoms with Crippen molar-refractivity contribution in [2.45, 2.75) is 46.0 Å². The first kappa shape index (κ1) is 15.8. The van der Waals surface area contributed by atoms with Gasteiger partial charge in [-0.1, -0.05) is 26.2 Å². The standard InChI is InChI=1S/C17H27N3O/c1-3-13-4-6-14(7-5-13)11-19-17(21)15-8-9-16(20-18)12(2)10-15/h8-10,13-14,20H,3-7,11,18H2,1-2H3,(H,19,21). The molecule has 116 valence electrons. The molecule has 1 fully saturated rings. The summed E-state index contributed by atoms with van der Waals surface area (Å²) in [7, 11) is 0. The van der Waals surface area contributed by atoms with Crippen LogP contribution in [0.2, 0.25) is 0 Å². The van der Waals surface area contributed by atoms with Gasteiger partial charge in [0.1, 0.15) is 0 Å². The summed E-state index contributed by atoms with van der Waals surface area (Å²) >= 11 is 0. The molecule has 1 aromatic rings. The summed E-state index contributed by atoms with van der Waals surface area (Å²) in [6.45, 7) is 5.01. The Morgan fingerprint density at radius 3 is 2.48 bits per heavy atom. The summed E-state index contributed by atoms with van der Waals surface area (Å²) in [6.07, 6.45) is 6.40. The van der Waals surface area contributed by atoms with E-state index in [4.69, 9.17) is 5.84 Å². The van der Waals surface area contributed by atoms with E-state index in [9.17, 15) is 4.79 Å². The molecule has 0 spiro atoms. The largest absolute Gasteiger partial charge is 0.352 e. The van der Waals surface area contributed by atoms with Crippen LogP contribution in [0.4, 0.5) is 5.69 Å². The molecule has 4 N–H and O–H groups in total. The number of nitrogens with one attached hydrogen (secondary N) is 2. The van der Waals surface area contributed by atoms with E-state index in [0.717, 1.165) is 23.7 Å². The summed E-state index contributed by atoms with van der Waals surface area (Å²) in [5.74, 6) is 6.96. The molecule has 1 aliphatic rings. The molecule has 2 rings (SSSR count). The van der Waals surface area contributed by atoms with Crippen LogP contribution < -0.4 is 16.6 Å². The van der Waals surface area contributed by atoms with Gasteiger partial charge in [0.25, 0.3) is 5.91 Å². The number of carbonyl (C=O) groups is 1. The molecule has 21 heavy (non-hydrogen) atoms. The first-order valence-corrected chi connectivity index (χ1v) is 7.99. The maximum atomic E-state index is 12.2. The van der Waals surface area contributed by atoms with Crippen molar-refractivity contribution in [2.75, 3.05) is 12.0 Å². The molecule has 0 unspecified atom stereocenters. The highest BCUT2D eigenvalue weighted by Gasteiger charge is 2.20. The van der Waals surface area contributed by atoms with Crippen molar-refractivity contribution in [3.63, 3.8) is 0 Å². The van der Waals surface area contributed by atoms with Crippen LogP contribution in [0.5, 0.6) is 0 Å². The van der Waals surface area contributed by atoms with E-state index in [0.29, 0.717) is 11.5 Å². The molecule has 1 saturated carbocycles. The number of hydrazine groups is 1. The van der Waals surface area contributed by atoms with Crippen LogP contribution in [-0.4, -0.2) is 12.5 Å². The number of nitrogen functional groups attached to an aromatic ring is 1. The van der Waals surface area contributed by atoms with Gasteiger partial charge in [-0.05, 0) is 55.4 Å². The number of hydrogen-bond acceptors (Lipinski definition) is 3. The van der Waals surface area contributed by atoms with Gasteiger partial charge in [-0.3, -0.25) is 10.6 Å². The molecule has 0 aliphatic heterocycles. The number of carbonyl (C=O) groups excluding carboxylic acids is 1. The van der Waals surface area contributed by atoms with Crippen LogP contribution in [0.15, 0.2) is 18.2 Å². The molecule has 1 aromatic carbocycles. The lowest BCUT2D eigenvalue weighted by molar-refractivity contribution is 0.0941. The van der Waals surface area contributed by atoms with Gasteiger partial charge in [0.2, 0.25) is 0 Å². The van der Waals surface area contributed by atoms with E-state index in [2.05, 4.69) is 17.7 Å². The lowest BCUT2D eigenvalue weighted by Crippen LogP contribution is -2.31. The molecule has 0 aromatic heterocycles. The molecule has 0 heterocycles. The highest BCUT2D eigenvalue weighted by Crippen LogP contribution is 2.30. The number of rotatable bonds is 5. The second kappa shape index (κ2) is 7.46. The molecule has 4 nitrogen and oxygen atoms in total. The molecular weight excluding hydrogens is 262 g/mol. The predicted octanol–water partition coefficient (Wildman–Crippen LogP) is 3.23. The van der Waals surface area contributed by atoms with E-state index in [1.54, 1.807) is 0 Å². The third kappa shape index (κ3) is 4.21. The van der Waals surface area contributed by atoms with E-state index in [1.807, 2.05) is 25.1 Å². The van der Waals surface area contributed by atoms with Crippen LogP contribution in [0.25, 0.3) is 0 Å². The molecule has 0 saturated heterocycles. The normalized spacial score (nSPS) is 21.9. The van der Waals surface area contributed by atoms with Crippen molar-refractivity contribution >= 4 is 11.6 Å². The van der Waals surface area contributed by atoms with Crippen molar-refractivity contribution in [1.82, 2.24) is 5.32 Å². The van der Waals surface area contributed by atoms with Crippen molar-refractivity contribution < 1.29 is 4.79 Å². The van der Waals surface area contributed by atoms with Crippen molar-refractivity contribution in [2.24, 2.45) is 17.7 Å². The second-order valence-electron chi connectivity index (χ2n) is 6.18. The number of anilines is 1. The Morgan fingerprint density at radius 2 is 1.90 bits per heavy atom. The highest BCUT2D eigenvalue weighted by molar-refractivity contribution is 5.94. The van der Waals surface area contributed by atoms with Crippen LogP contribution in [-0.2, 0) is 0 Å². The topological polar surface area (TPSA) is 67.2 Å². The maximum absolute atomic E-state index is 12.2. The van der Waals surface area contributed by atoms with E-state index in [1.165, 1.54) is 32.1 Å². The Labute approximate surface area is 127 Å². The predicted molar refractivity (Wildman–Crippen MR) is 87.1 cm³/mol. The summed E-state index contributed by atoms with van der Waals surface area (Å²) in [5, 5.41) is 3.08. The lowest BCUT2D eigenvalue weighted by Gasteiger charge is -2.27. The average Bonchev–Trinajstić information content (AvgIpc) is 2.53. The maximum Gasteiger partial charge on any atom is 0.251 e. The molecule has 1 aliphatic carbocycles. The van der Waals surface area contributed by atoms with Crippen molar-refractivity contribution in [1.29, 1.82) is 0 Å². The zero-order valence-electron chi connectivity index (χ0n) is 13.1. The van der Waals surface area contributed by atoms with Crippen LogP contribution in [0.3, 0.4) is 0 Å². The van der Waals surface area contributed by atoms with Gasteiger partial charge in [-0.15, -0.1) is 0 Å². The van der Waals surface area contributed by atoms with Crippen LogP contribution >= 0.6 is 0 Å². The Bertz CT molecular complexity index is 479. The average molecular weight is 289 g/mol. The molecular formula is C17H27N3O. The fourth-order valence-electron chi connectivity index (χ4n) is 3.15. The molecule has 4 heteroatoms. The first-order chi connectivity index (χ1) is 10.1. The van der Waals surface area contributed by atoms with Crippen LogP contribution in [0.1, 0.15) is 54.9 Å². The van der Waals surface area contributed by atoms with Crippen LogP contribution in [0, 0.1) is 18.8 Å². The van der Waals surface area contributed by atoms with E-state index >= 15 is 0 Å². The van der Waals surface area contributed by atoms with Gasteiger partial charge < -0.3 is 10.7 Å². The summed E-state index contributed by atoms with van der Waals surface area (Å²) in [6, 6.07) is 5.53. The Kier molecular flexibility index (Phi) is 5.62. The summed E-state index contributed by atoms with van der Waals surface area (Å²) < 4.78 is 0. The smallest absolute Gasteiger partial charge is 0.251 e. The van der Waals surface area contributed by atoms with Gasteiger partial charge >= 0.3 is 0 Å². The SMILES string of the molecule is CCC1CCC(CNC(=O)c2ccc(NN)c(C)c2)CC1. The lowest BCUT2D eigenvalue weighted by atomic mass is 9.81. The van der Waals surface area contributed by atoms with Gasteiger partial charge in [0.05, 0.1) is 5.69 Å². The first-order valence-electron chi connectivity index (χ1n) is 7.99. The van der Waals surface area contributed by atoms with E-state index < -0.39 is 0 Å². The minimum atomic E-state index is 0.0132. The third-order valence-corrected chi connectivity index (χ3v) is 4.74. The molecule has 0 atom stereocenters. The fourth-order valence-corrected chi connectivity index (χ4v) is 3.15. The Morgan fingerprint density at radius 1 is 1.24 bits per heavy atom. The number of hydrogen-bond donors (Lipinski definition) is 3. The summed E-state index contributed by atoms with van der Waals surface area (Å²) in [5.41, 5.74) is 5.16. The number of benzene rings is 1. The molecule has 0 bridgehead atoms. The Hall–Kier alpha value is -1.55. The number of aryl methyl sites for hydroxylation is 1. The minimum Gasteiger partial charge on any atom is -0.352 e. The fraction of sp³-hybridized carbons (Fsp3) is 0.588. The Balaban J connectivity index is 1.83. The second-order valence-corrected chi connectivity index (χ2v) is 6.18. The highest BCUT2D eigenvalue weighted by atomic mass is 16.1. The number of amides is 1.